The van der Waals surface area contributed by atoms with Crippen LogP contribution in [-0.2, 0) is 6.42 Å². The molecule has 100 valence electrons. The van der Waals surface area contributed by atoms with Crippen LogP contribution in [0.2, 0.25) is 10.0 Å². The van der Waals surface area contributed by atoms with Gasteiger partial charge in [-0.15, -0.1) is 0 Å². The van der Waals surface area contributed by atoms with E-state index in [0.29, 0.717) is 15.9 Å². The van der Waals surface area contributed by atoms with E-state index in [1.807, 2.05) is 12.1 Å². The van der Waals surface area contributed by atoms with Gasteiger partial charge in [-0.25, -0.2) is 4.98 Å². The predicted molar refractivity (Wildman–Crippen MR) is 83.2 cm³/mol. The highest BCUT2D eigenvalue weighted by molar-refractivity contribution is 6.37. The fraction of sp³-hybridized carbons (Fsp3) is 0.267. The van der Waals surface area contributed by atoms with Crippen molar-refractivity contribution < 1.29 is 0 Å². The molecule has 0 atom stereocenters. The second-order valence-corrected chi connectivity index (χ2v) is 5.16. The SMILES string of the molecule is CCCc1ccc(-c2nc(NC)c(Cl)cc2Cl)cc1. The Hall–Kier alpha value is -1.25. The third kappa shape index (κ3) is 3.20. The fourth-order valence-corrected chi connectivity index (χ4v) is 2.52. The van der Waals surface area contributed by atoms with Crippen LogP contribution in [-0.4, -0.2) is 12.0 Å². The molecule has 1 N–H and O–H groups in total. The maximum Gasteiger partial charge on any atom is 0.145 e. The van der Waals surface area contributed by atoms with Crippen LogP contribution in [0.3, 0.4) is 0 Å². The minimum atomic E-state index is 0.527. The molecule has 0 radical (unpaired) electrons. The Bertz CT molecular complexity index is 565. The van der Waals surface area contributed by atoms with Crippen LogP contribution in [0.15, 0.2) is 30.3 Å². The third-order valence-corrected chi connectivity index (χ3v) is 3.51. The highest BCUT2D eigenvalue weighted by atomic mass is 35.5. The van der Waals surface area contributed by atoms with Gasteiger partial charge in [-0.3, -0.25) is 0 Å². The number of aromatic nitrogens is 1. The lowest BCUT2D eigenvalue weighted by molar-refractivity contribution is 0.922. The molecule has 1 aromatic carbocycles. The second-order valence-electron chi connectivity index (χ2n) is 4.35. The number of nitrogens with one attached hydrogen (secondary N) is 1. The van der Waals surface area contributed by atoms with E-state index in [0.717, 1.165) is 24.1 Å². The summed E-state index contributed by atoms with van der Waals surface area (Å²) in [4.78, 5) is 4.46. The van der Waals surface area contributed by atoms with Gasteiger partial charge in [0.1, 0.15) is 5.82 Å². The van der Waals surface area contributed by atoms with Gasteiger partial charge in [0, 0.05) is 12.6 Å². The Morgan fingerprint density at radius 3 is 2.37 bits per heavy atom. The van der Waals surface area contributed by atoms with Crippen LogP contribution in [0.25, 0.3) is 11.3 Å². The molecule has 0 aliphatic carbocycles. The van der Waals surface area contributed by atoms with Crippen LogP contribution >= 0.6 is 23.2 Å². The molecule has 2 rings (SSSR count). The van der Waals surface area contributed by atoms with Gasteiger partial charge in [0.2, 0.25) is 0 Å². The number of rotatable bonds is 4. The molecule has 1 aromatic heterocycles. The van der Waals surface area contributed by atoms with Crippen LogP contribution in [0, 0.1) is 0 Å². The fourth-order valence-electron chi connectivity index (χ4n) is 1.96. The molecular weight excluding hydrogens is 279 g/mol. The Morgan fingerprint density at radius 1 is 1.11 bits per heavy atom. The van der Waals surface area contributed by atoms with Gasteiger partial charge < -0.3 is 5.32 Å². The van der Waals surface area contributed by atoms with E-state index in [9.17, 15) is 0 Å². The first-order valence-corrected chi connectivity index (χ1v) is 7.04. The number of halogens is 2. The number of pyridine rings is 1. The Balaban J connectivity index is 2.40. The van der Waals surface area contributed by atoms with E-state index in [1.54, 1.807) is 13.1 Å². The van der Waals surface area contributed by atoms with E-state index in [-0.39, 0.29) is 0 Å². The molecule has 0 aliphatic heterocycles. The number of anilines is 1. The molecule has 0 saturated heterocycles. The summed E-state index contributed by atoms with van der Waals surface area (Å²) in [7, 11) is 1.79. The lowest BCUT2D eigenvalue weighted by Crippen LogP contribution is -1.96. The van der Waals surface area contributed by atoms with E-state index in [4.69, 9.17) is 23.2 Å². The molecule has 0 bridgehead atoms. The van der Waals surface area contributed by atoms with Gasteiger partial charge in [0.25, 0.3) is 0 Å². The second kappa shape index (κ2) is 6.27. The Morgan fingerprint density at radius 2 is 1.79 bits per heavy atom. The van der Waals surface area contributed by atoms with Gasteiger partial charge in [0.15, 0.2) is 0 Å². The van der Waals surface area contributed by atoms with Gasteiger partial charge in [-0.05, 0) is 18.1 Å². The Kier molecular flexibility index (Phi) is 4.67. The summed E-state index contributed by atoms with van der Waals surface area (Å²) in [5, 5.41) is 4.05. The summed E-state index contributed by atoms with van der Waals surface area (Å²) in [5.41, 5.74) is 3.07. The standard InChI is InChI=1S/C15H16Cl2N2/c1-3-4-10-5-7-11(8-6-10)14-12(16)9-13(17)15(18-2)19-14/h5-9H,3-4H2,1-2H3,(H,18,19). The van der Waals surface area contributed by atoms with Crippen molar-refractivity contribution >= 4 is 29.0 Å². The number of hydrogen-bond donors (Lipinski definition) is 1. The van der Waals surface area contributed by atoms with Gasteiger partial charge in [-0.2, -0.15) is 0 Å². The summed E-state index contributed by atoms with van der Waals surface area (Å²) in [5.74, 6) is 0.638. The predicted octanol–water partition coefficient (Wildman–Crippen LogP) is 5.05. The van der Waals surface area contributed by atoms with Crippen LogP contribution in [0.5, 0.6) is 0 Å². The van der Waals surface area contributed by atoms with Crippen LogP contribution in [0.1, 0.15) is 18.9 Å². The quantitative estimate of drug-likeness (QED) is 0.853. The number of hydrogen-bond acceptors (Lipinski definition) is 2. The van der Waals surface area contributed by atoms with Crippen molar-refractivity contribution in [3.05, 3.63) is 45.9 Å². The number of benzene rings is 1. The van der Waals surface area contributed by atoms with Crippen molar-refractivity contribution in [1.29, 1.82) is 0 Å². The zero-order valence-corrected chi connectivity index (χ0v) is 12.5. The molecule has 19 heavy (non-hydrogen) atoms. The molecule has 2 aromatic rings. The molecule has 0 fully saturated rings. The van der Waals surface area contributed by atoms with Crippen LogP contribution < -0.4 is 5.32 Å². The van der Waals surface area contributed by atoms with E-state index in [1.165, 1.54) is 5.56 Å². The lowest BCUT2D eigenvalue weighted by Gasteiger charge is -2.09. The van der Waals surface area contributed by atoms with Crippen molar-refractivity contribution in [2.24, 2.45) is 0 Å². The normalized spacial score (nSPS) is 10.5. The zero-order chi connectivity index (χ0) is 13.8. The first kappa shape index (κ1) is 14.2. The van der Waals surface area contributed by atoms with Crippen molar-refractivity contribution in [2.45, 2.75) is 19.8 Å². The molecular formula is C15H16Cl2N2. The average Bonchev–Trinajstić information content (AvgIpc) is 2.41. The van der Waals surface area contributed by atoms with E-state index >= 15 is 0 Å². The molecule has 1 heterocycles. The van der Waals surface area contributed by atoms with Crippen LogP contribution in [0.4, 0.5) is 5.82 Å². The first-order valence-electron chi connectivity index (χ1n) is 6.28. The molecule has 0 spiro atoms. The monoisotopic (exact) mass is 294 g/mol. The first-order chi connectivity index (χ1) is 9.15. The highest BCUT2D eigenvalue weighted by Crippen LogP contribution is 2.32. The Labute approximate surface area is 123 Å². The zero-order valence-electron chi connectivity index (χ0n) is 11.0. The van der Waals surface area contributed by atoms with Crippen molar-refractivity contribution in [3.8, 4) is 11.3 Å². The summed E-state index contributed by atoms with van der Waals surface area (Å²) in [6.45, 7) is 2.17. The van der Waals surface area contributed by atoms with Crippen molar-refractivity contribution in [3.63, 3.8) is 0 Å². The minimum absolute atomic E-state index is 0.527. The smallest absolute Gasteiger partial charge is 0.145 e. The highest BCUT2D eigenvalue weighted by Gasteiger charge is 2.10. The topological polar surface area (TPSA) is 24.9 Å². The maximum atomic E-state index is 6.22. The van der Waals surface area contributed by atoms with Crippen molar-refractivity contribution in [1.82, 2.24) is 4.98 Å². The molecule has 2 nitrogen and oxygen atoms in total. The lowest BCUT2D eigenvalue weighted by atomic mass is 10.1. The summed E-state index contributed by atoms with van der Waals surface area (Å²) >= 11 is 12.3. The van der Waals surface area contributed by atoms with Gasteiger partial charge >= 0.3 is 0 Å². The average molecular weight is 295 g/mol. The molecule has 0 aliphatic rings. The summed E-state index contributed by atoms with van der Waals surface area (Å²) in [6, 6.07) is 10.0. The van der Waals surface area contributed by atoms with Gasteiger partial charge in [-0.1, -0.05) is 60.8 Å². The molecule has 0 unspecified atom stereocenters. The number of aryl methyl sites for hydroxylation is 1. The van der Waals surface area contributed by atoms with Crippen molar-refractivity contribution in [2.75, 3.05) is 12.4 Å². The van der Waals surface area contributed by atoms with E-state index < -0.39 is 0 Å². The van der Waals surface area contributed by atoms with E-state index in [2.05, 4.69) is 29.4 Å². The summed E-state index contributed by atoms with van der Waals surface area (Å²) < 4.78 is 0. The molecule has 0 saturated carbocycles. The number of nitrogens with zero attached hydrogens (tertiary/aromatic N) is 1. The molecule has 4 heteroatoms. The van der Waals surface area contributed by atoms with Gasteiger partial charge in [0.05, 0.1) is 15.7 Å². The largest absolute Gasteiger partial charge is 0.372 e. The summed E-state index contributed by atoms with van der Waals surface area (Å²) in [6.07, 6.45) is 2.23. The third-order valence-electron chi connectivity index (χ3n) is 2.93. The minimum Gasteiger partial charge on any atom is -0.372 e. The molecule has 0 amide bonds. The maximum absolute atomic E-state index is 6.22.